The number of aryl methyl sites for hydroxylation is 1. The van der Waals surface area contributed by atoms with Crippen LogP contribution in [0.25, 0.3) is 0 Å². The number of carbonyl (C=O) groups is 1. The first-order valence-corrected chi connectivity index (χ1v) is 7.69. The van der Waals surface area contributed by atoms with Crippen molar-refractivity contribution in [2.45, 2.75) is 13.8 Å². The molecule has 0 atom stereocenters. The zero-order valence-corrected chi connectivity index (χ0v) is 14.3. The van der Waals surface area contributed by atoms with Gasteiger partial charge in [-0.25, -0.2) is 5.43 Å². The summed E-state index contributed by atoms with van der Waals surface area (Å²) in [7, 11) is 0. The summed E-state index contributed by atoms with van der Waals surface area (Å²) < 4.78 is 5.34. The van der Waals surface area contributed by atoms with Crippen LogP contribution < -0.4 is 10.2 Å². The third kappa shape index (κ3) is 5.27. The zero-order valence-electron chi connectivity index (χ0n) is 12.8. The lowest BCUT2D eigenvalue weighted by Gasteiger charge is -2.08. The third-order valence-electron chi connectivity index (χ3n) is 3.04. The van der Waals surface area contributed by atoms with Gasteiger partial charge in [-0.2, -0.15) is 5.10 Å². The molecule has 0 unspecified atom stereocenters. The Morgan fingerprint density at radius 2 is 2.00 bits per heavy atom. The van der Waals surface area contributed by atoms with Crippen LogP contribution in [0.3, 0.4) is 0 Å². The maximum Gasteiger partial charge on any atom is 0.277 e. The zero-order chi connectivity index (χ0) is 16.8. The van der Waals surface area contributed by atoms with Gasteiger partial charge in [-0.15, -0.1) is 0 Å². The van der Waals surface area contributed by atoms with E-state index in [-0.39, 0.29) is 12.5 Å². The predicted octanol–water partition coefficient (Wildman–Crippen LogP) is 4.22. The van der Waals surface area contributed by atoms with Gasteiger partial charge in [-0.1, -0.05) is 53.0 Å². The van der Waals surface area contributed by atoms with E-state index < -0.39 is 0 Å². The Labute approximate surface area is 145 Å². The van der Waals surface area contributed by atoms with Gasteiger partial charge >= 0.3 is 0 Å². The number of nitrogens with one attached hydrogen (secondary N) is 1. The average Bonchev–Trinajstić information content (AvgIpc) is 2.51. The Bertz CT molecular complexity index is 745. The van der Waals surface area contributed by atoms with Crippen LogP contribution in [-0.4, -0.2) is 18.2 Å². The molecule has 23 heavy (non-hydrogen) atoms. The molecule has 1 amide bonds. The number of hydrogen-bond donors (Lipinski definition) is 1. The monoisotopic (exact) mass is 350 g/mol. The lowest BCUT2D eigenvalue weighted by atomic mass is 10.1. The molecular formula is C17H16Cl2N2O2. The van der Waals surface area contributed by atoms with Gasteiger partial charge in [-0.3, -0.25) is 4.79 Å². The van der Waals surface area contributed by atoms with Crippen molar-refractivity contribution >= 4 is 34.8 Å². The number of amides is 1. The summed E-state index contributed by atoms with van der Waals surface area (Å²) in [6.45, 7) is 3.64. The number of halogens is 2. The molecule has 0 spiro atoms. The van der Waals surface area contributed by atoms with E-state index in [9.17, 15) is 4.79 Å². The highest BCUT2D eigenvalue weighted by Gasteiger charge is 2.06. The Kier molecular flexibility index (Phi) is 6.02. The van der Waals surface area contributed by atoms with Crippen molar-refractivity contribution in [2.75, 3.05) is 6.61 Å². The van der Waals surface area contributed by atoms with Gasteiger partial charge in [-0.05, 0) is 37.6 Å². The summed E-state index contributed by atoms with van der Waals surface area (Å²) >= 11 is 11.8. The second-order valence-corrected chi connectivity index (χ2v) is 5.81. The number of hydrazone groups is 1. The molecule has 0 fully saturated rings. The molecule has 0 bridgehead atoms. The maximum absolute atomic E-state index is 11.8. The minimum Gasteiger partial charge on any atom is -0.482 e. The van der Waals surface area contributed by atoms with Crippen molar-refractivity contribution in [3.8, 4) is 5.75 Å². The number of carbonyl (C=O) groups excluding carboxylic acids is 1. The Balaban J connectivity index is 1.90. The summed E-state index contributed by atoms with van der Waals surface area (Å²) in [6.07, 6.45) is 0. The van der Waals surface area contributed by atoms with E-state index in [1.54, 1.807) is 18.2 Å². The van der Waals surface area contributed by atoms with Crippen LogP contribution in [0.1, 0.15) is 18.1 Å². The standard InChI is InChI=1S/C17H16Cl2N2O2/c1-11-4-3-5-13(8-11)12(2)20-21-17(22)10-23-16-7-6-14(18)9-15(16)19/h3-9H,10H2,1-2H3,(H,21,22). The highest BCUT2D eigenvalue weighted by Crippen LogP contribution is 2.27. The minimum atomic E-state index is -0.372. The molecule has 0 heterocycles. The fourth-order valence-electron chi connectivity index (χ4n) is 1.85. The molecule has 0 aliphatic carbocycles. The van der Waals surface area contributed by atoms with Crippen LogP contribution in [0.5, 0.6) is 5.75 Å². The molecule has 6 heteroatoms. The second-order valence-electron chi connectivity index (χ2n) is 4.97. The SMILES string of the molecule is CC(=NNC(=O)COc1ccc(Cl)cc1Cl)c1cccc(C)c1. The van der Waals surface area contributed by atoms with E-state index in [2.05, 4.69) is 10.5 Å². The summed E-state index contributed by atoms with van der Waals surface area (Å²) in [5.74, 6) is 0.0219. The molecule has 0 saturated heterocycles. The molecule has 0 aromatic heterocycles. The average molecular weight is 351 g/mol. The fourth-order valence-corrected chi connectivity index (χ4v) is 2.31. The van der Waals surface area contributed by atoms with Gasteiger partial charge in [0.05, 0.1) is 10.7 Å². The first kappa shape index (κ1) is 17.3. The largest absolute Gasteiger partial charge is 0.482 e. The van der Waals surface area contributed by atoms with Crippen LogP contribution in [0.2, 0.25) is 10.0 Å². The lowest BCUT2D eigenvalue weighted by Crippen LogP contribution is -2.25. The van der Waals surface area contributed by atoms with Gasteiger partial charge in [0.25, 0.3) is 5.91 Å². The van der Waals surface area contributed by atoms with Gasteiger partial charge in [0, 0.05) is 5.02 Å². The van der Waals surface area contributed by atoms with E-state index in [1.165, 1.54) is 0 Å². The molecule has 0 saturated carbocycles. The molecule has 2 aromatic rings. The van der Waals surface area contributed by atoms with Crippen molar-refractivity contribution < 1.29 is 9.53 Å². The van der Waals surface area contributed by atoms with Crippen LogP contribution in [-0.2, 0) is 4.79 Å². The Morgan fingerprint density at radius 3 is 2.70 bits per heavy atom. The van der Waals surface area contributed by atoms with Crippen molar-refractivity contribution in [2.24, 2.45) is 5.10 Å². The first-order chi connectivity index (χ1) is 11.0. The fraction of sp³-hybridized carbons (Fsp3) is 0.176. The molecule has 0 aliphatic rings. The Morgan fingerprint density at radius 1 is 1.22 bits per heavy atom. The quantitative estimate of drug-likeness (QED) is 0.648. The number of ether oxygens (including phenoxy) is 1. The highest BCUT2D eigenvalue weighted by molar-refractivity contribution is 6.35. The first-order valence-electron chi connectivity index (χ1n) is 6.94. The number of nitrogens with zero attached hydrogens (tertiary/aromatic N) is 1. The third-order valence-corrected chi connectivity index (χ3v) is 3.57. The number of rotatable bonds is 5. The van der Waals surface area contributed by atoms with E-state index in [1.807, 2.05) is 38.1 Å². The predicted molar refractivity (Wildman–Crippen MR) is 93.5 cm³/mol. The highest BCUT2D eigenvalue weighted by atomic mass is 35.5. The number of hydrogen-bond acceptors (Lipinski definition) is 3. The van der Waals surface area contributed by atoms with Crippen molar-refractivity contribution in [3.63, 3.8) is 0 Å². The van der Waals surface area contributed by atoms with Crippen molar-refractivity contribution in [1.29, 1.82) is 0 Å². The smallest absolute Gasteiger partial charge is 0.277 e. The molecule has 120 valence electrons. The van der Waals surface area contributed by atoms with Crippen LogP contribution in [0.15, 0.2) is 47.6 Å². The van der Waals surface area contributed by atoms with Gasteiger partial charge in [0.1, 0.15) is 5.75 Å². The molecule has 2 rings (SSSR count). The van der Waals surface area contributed by atoms with Crippen LogP contribution >= 0.6 is 23.2 Å². The van der Waals surface area contributed by atoms with E-state index in [0.717, 1.165) is 11.1 Å². The van der Waals surface area contributed by atoms with E-state index in [0.29, 0.717) is 21.5 Å². The lowest BCUT2D eigenvalue weighted by molar-refractivity contribution is -0.123. The molecular weight excluding hydrogens is 335 g/mol. The summed E-state index contributed by atoms with van der Waals surface area (Å²) in [4.78, 5) is 11.8. The summed E-state index contributed by atoms with van der Waals surface area (Å²) in [6, 6.07) is 12.7. The minimum absolute atomic E-state index is 0.189. The van der Waals surface area contributed by atoms with Crippen LogP contribution in [0.4, 0.5) is 0 Å². The number of benzene rings is 2. The molecule has 4 nitrogen and oxygen atoms in total. The van der Waals surface area contributed by atoms with Crippen LogP contribution in [0, 0.1) is 6.92 Å². The van der Waals surface area contributed by atoms with Gasteiger partial charge in [0.15, 0.2) is 6.61 Å². The maximum atomic E-state index is 11.8. The van der Waals surface area contributed by atoms with Gasteiger partial charge < -0.3 is 4.74 Å². The normalized spacial score (nSPS) is 11.2. The summed E-state index contributed by atoms with van der Waals surface area (Å²) in [5.41, 5.74) is 5.25. The van der Waals surface area contributed by atoms with Crippen molar-refractivity contribution in [1.82, 2.24) is 5.43 Å². The molecule has 0 radical (unpaired) electrons. The van der Waals surface area contributed by atoms with Crippen molar-refractivity contribution in [3.05, 3.63) is 63.6 Å². The Hall–Kier alpha value is -2.04. The molecule has 2 aromatic carbocycles. The molecule has 1 N–H and O–H groups in total. The van der Waals surface area contributed by atoms with E-state index in [4.69, 9.17) is 27.9 Å². The van der Waals surface area contributed by atoms with E-state index >= 15 is 0 Å². The summed E-state index contributed by atoms with van der Waals surface area (Å²) in [5, 5.41) is 4.92. The topological polar surface area (TPSA) is 50.7 Å². The molecule has 0 aliphatic heterocycles. The van der Waals surface area contributed by atoms with Gasteiger partial charge in [0.2, 0.25) is 0 Å². The second kappa shape index (κ2) is 7.99.